The zero-order valence-corrected chi connectivity index (χ0v) is 7.08. The maximum atomic E-state index is 10.9. The molecule has 0 saturated carbocycles. The van der Waals surface area contributed by atoms with Crippen LogP contribution in [0.1, 0.15) is 19.8 Å². The summed E-state index contributed by atoms with van der Waals surface area (Å²) in [6, 6.07) is 0. The number of allylic oxidation sites excluding steroid dienone is 3. The predicted molar refractivity (Wildman–Crippen MR) is 48.8 cm³/mol. The second-order valence-electron chi connectivity index (χ2n) is 2.43. The van der Waals surface area contributed by atoms with Gasteiger partial charge in [-0.1, -0.05) is 13.0 Å². The Bertz CT molecular complexity index is 251. The van der Waals surface area contributed by atoms with Gasteiger partial charge < -0.3 is 5.32 Å². The van der Waals surface area contributed by atoms with E-state index in [9.17, 15) is 4.79 Å². The summed E-state index contributed by atoms with van der Waals surface area (Å²) >= 11 is 0. The van der Waals surface area contributed by atoms with Crippen molar-refractivity contribution >= 4 is 12.1 Å². The lowest BCUT2D eigenvalue weighted by Crippen LogP contribution is -2.20. The van der Waals surface area contributed by atoms with Gasteiger partial charge in [-0.15, -0.1) is 0 Å². The second-order valence-corrected chi connectivity index (χ2v) is 2.43. The fourth-order valence-corrected chi connectivity index (χ4v) is 0.810. The zero-order valence-electron chi connectivity index (χ0n) is 7.08. The minimum absolute atomic E-state index is 0.000278. The Hall–Kier alpha value is -1.38. The first-order valence-corrected chi connectivity index (χ1v) is 4.02. The number of amides is 1. The maximum Gasteiger partial charge on any atom is 0.225 e. The van der Waals surface area contributed by atoms with Gasteiger partial charge in [-0.3, -0.25) is 4.79 Å². The van der Waals surface area contributed by atoms with Crippen LogP contribution in [0.3, 0.4) is 0 Å². The van der Waals surface area contributed by atoms with Crippen LogP contribution in [-0.2, 0) is 4.79 Å². The molecule has 0 aromatic rings. The molecule has 1 rings (SSSR count). The molecule has 0 unspecified atom stereocenters. The Kier molecular flexibility index (Phi) is 3.26. The van der Waals surface area contributed by atoms with E-state index in [-0.39, 0.29) is 5.91 Å². The number of carbonyl (C=O) groups is 1. The van der Waals surface area contributed by atoms with Crippen LogP contribution in [0.4, 0.5) is 0 Å². The summed E-state index contributed by atoms with van der Waals surface area (Å²) in [5, 5.41) is 2.69. The summed E-state index contributed by atoms with van der Waals surface area (Å²) in [7, 11) is 0. The van der Waals surface area contributed by atoms with E-state index in [1.165, 1.54) is 0 Å². The van der Waals surface area contributed by atoms with Crippen LogP contribution in [0.25, 0.3) is 0 Å². The third kappa shape index (κ3) is 2.70. The normalized spacial score (nSPS) is 15.2. The first kappa shape index (κ1) is 8.71. The number of nitrogens with one attached hydrogen (secondary N) is 1. The molecule has 0 atom stereocenters. The number of carbonyl (C=O) groups excluding carboxylic acids is 1. The van der Waals surface area contributed by atoms with Gasteiger partial charge in [0.25, 0.3) is 0 Å². The summed E-state index contributed by atoms with van der Waals surface area (Å²) in [5.41, 5.74) is 0. The van der Waals surface area contributed by atoms with Crippen LogP contribution in [-0.4, -0.2) is 12.1 Å². The van der Waals surface area contributed by atoms with Crippen LogP contribution in [0, 0.1) is 0 Å². The molecule has 0 radical (unpaired) electrons. The van der Waals surface area contributed by atoms with Crippen LogP contribution in [0.5, 0.6) is 0 Å². The van der Waals surface area contributed by atoms with Gasteiger partial charge in [-0.05, 0) is 18.6 Å². The molecular formula is C9H12N2O. The molecule has 0 saturated heterocycles. The van der Waals surface area contributed by atoms with Crippen molar-refractivity contribution in [3.05, 3.63) is 24.0 Å². The molecule has 0 aromatic carbocycles. The predicted octanol–water partition coefficient (Wildman–Crippen LogP) is 1.38. The van der Waals surface area contributed by atoms with Gasteiger partial charge in [0.2, 0.25) is 5.91 Å². The molecule has 3 nitrogen and oxygen atoms in total. The lowest BCUT2D eigenvalue weighted by molar-refractivity contribution is -0.120. The molecule has 0 spiro atoms. The molecular weight excluding hydrogens is 152 g/mol. The van der Waals surface area contributed by atoms with E-state index in [2.05, 4.69) is 10.3 Å². The van der Waals surface area contributed by atoms with Gasteiger partial charge in [0.05, 0.1) is 0 Å². The summed E-state index contributed by atoms with van der Waals surface area (Å²) in [6.07, 6.45) is 8.71. The number of hydrogen-bond acceptors (Lipinski definition) is 2. The third-order valence-corrected chi connectivity index (χ3v) is 1.47. The van der Waals surface area contributed by atoms with E-state index in [4.69, 9.17) is 0 Å². The van der Waals surface area contributed by atoms with Crippen molar-refractivity contribution in [1.82, 2.24) is 5.32 Å². The Morgan fingerprint density at radius 3 is 3.33 bits per heavy atom. The Labute approximate surface area is 71.9 Å². The highest BCUT2D eigenvalue weighted by Gasteiger charge is 1.99. The monoisotopic (exact) mass is 164 g/mol. The summed E-state index contributed by atoms with van der Waals surface area (Å²) < 4.78 is 0. The highest BCUT2D eigenvalue weighted by atomic mass is 16.1. The van der Waals surface area contributed by atoms with Crippen molar-refractivity contribution in [2.24, 2.45) is 4.99 Å². The standard InChI is InChI=1S/C9H12N2O/c1-2-9(12)11-8-6-4-3-5-7-10-8/h3,5-7H,2,4H2,1H3,(H,11,12). The van der Waals surface area contributed by atoms with Crippen LogP contribution < -0.4 is 5.32 Å². The van der Waals surface area contributed by atoms with Gasteiger partial charge in [0, 0.05) is 12.6 Å². The topological polar surface area (TPSA) is 41.5 Å². The van der Waals surface area contributed by atoms with E-state index < -0.39 is 0 Å². The van der Waals surface area contributed by atoms with E-state index in [0.29, 0.717) is 12.2 Å². The summed E-state index contributed by atoms with van der Waals surface area (Å²) in [6.45, 7) is 1.81. The molecule has 3 heteroatoms. The molecule has 1 amide bonds. The molecule has 64 valence electrons. The van der Waals surface area contributed by atoms with Crippen LogP contribution in [0.15, 0.2) is 29.0 Å². The average Bonchev–Trinajstić information content (AvgIpc) is 2.33. The van der Waals surface area contributed by atoms with E-state index in [1.807, 2.05) is 25.2 Å². The lowest BCUT2D eigenvalue weighted by atomic mass is 10.3. The van der Waals surface area contributed by atoms with Crippen LogP contribution in [0.2, 0.25) is 0 Å². The lowest BCUT2D eigenvalue weighted by Gasteiger charge is -2.01. The Balaban J connectivity index is 2.52. The molecule has 0 fully saturated rings. The summed E-state index contributed by atoms with van der Waals surface area (Å²) in [4.78, 5) is 15.0. The largest absolute Gasteiger partial charge is 0.311 e. The quantitative estimate of drug-likeness (QED) is 0.658. The van der Waals surface area contributed by atoms with Gasteiger partial charge in [-0.2, -0.15) is 0 Å². The molecule has 0 aliphatic carbocycles. The first-order chi connectivity index (χ1) is 5.83. The highest BCUT2D eigenvalue weighted by molar-refractivity contribution is 5.79. The van der Waals surface area contributed by atoms with Crippen LogP contribution >= 0.6 is 0 Å². The first-order valence-electron chi connectivity index (χ1n) is 4.02. The van der Waals surface area contributed by atoms with E-state index in [1.54, 1.807) is 6.21 Å². The number of nitrogens with zero attached hydrogens (tertiary/aromatic N) is 1. The molecule has 1 N–H and O–H groups in total. The Morgan fingerprint density at radius 2 is 2.58 bits per heavy atom. The van der Waals surface area contributed by atoms with Gasteiger partial charge in [-0.25, -0.2) is 4.99 Å². The average molecular weight is 164 g/mol. The van der Waals surface area contributed by atoms with Crippen molar-refractivity contribution in [3.63, 3.8) is 0 Å². The molecule has 0 aromatic heterocycles. The van der Waals surface area contributed by atoms with E-state index >= 15 is 0 Å². The molecule has 1 aliphatic rings. The van der Waals surface area contributed by atoms with E-state index in [0.717, 1.165) is 6.42 Å². The third-order valence-electron chi connectivity index (χ3n) is 1.47. The molecule has 0 bridgehead atoms. The Morgan fingerprint density at radius 1 is 1.75 bits per heavy atom. The second kappa shape index (κ2) is 4.49. The molecule has 1 aliphatic heterocycles. The van der Waals surface area contributed by atoms with Gasteiger partial charge in [0.15, 0.2) is 0 Å². The minimum Gasteiger partial charge on any atom is -0.311 e. The van der Waals surface area contributed by atoms with Crippen molar-refractivity contribution in [1.29, 1.82) is 0 Å². The fourth-order valence-electron chi connectivity index (χ4n) is 0.810. The molecule has 12 heavy (non-hydrogen) atoms. The fraction of sp³-hybridized carbons (Fsp3) is 0.333. The smallest absolute Gasteiger partial charge is 0.225 e. The molecule has 1 heterocycles. The maximum absolute atomic E-state index is 10.9. The minimum atomic E-state index is 0.000278. The van der Waals surface area contributed by atoms with Crippen molar-refractivity contribution in [2.75, 3.05) is 0 Å². The van der Waals surface area contributed by atoms with Crippen molar-refractivity contribution in [2.45, 2.75) is 19.8 Å². The van der Waals surface area contributed by atoms with Crippen molar-refractivity contribution < 1.29 is 4.79 Å². The van der Waals surface area contributed by atoms with Crippen molar-refractivity contribution in [3.8, 4) is 0 Å². The number of rotatable bonds is 2. The summed E-state index contributed by atoms with van der Waals surface area (Å²) in [5.74, 6) is 0.646. The number of hydrogen-bond donors (Lipinski definition) is 1. The van der Waals surface area contributed by atoms with Gasteiger partial charge in [0.1, 0.15) is 5.82 Å². The highest BCUT2D eigenvalue weighted by Crippen LogP contribution is 1.99. The zero-order chi connectivity index (χ0) is 8.81. The number of aliphatic imine (C=N–C) groups is 1. The SMILES string of the molecule is CCC(=O)NC1=CCC=CC=N1. The van der Waals surface area contributed by atoms with Gasteiger partial charge >= 0.3 is 0 Å².